The predicted octanol–water partition coefficient (Wildman–Crippen LogP) is 4.30. The van der Waals surface area contributed by atoms with Gasteiger partial charge in [-0.3, -0.25) is 9.83 Å². The fourth-order valence-electron chi connectivity index (χ4n) is 3.11. The molecule has 0 saturated carbocycles. The van der Waals surface area contributed by atoms with Gasteiger partial charge < -0.3 is 9.30 Å². The van der Waals surface area contributed by atoms with E-state index in [0.717, 1.165) is 16.9 Å². The summed E-state index contributed by atoms with van der Waals surface area (Å²) in [6.45, 7) is 3.85. The lowest BCUT2D eigenvalue weighted by Gasteiger charge is -2.28. The standard InChI is InChI=1S/C20H19Cl2N5O2/c1-11-9-27(10-23-11)17-7-6-16(24-20(17)28-3)19-25-18(12(2)29-26-19)13-4-5-14(21)15(22)8-13/h4-10,12,18H,1-3H3,(H,25,26)/t12-,18-/m0/s1. The topological polar surface area (TPSA) is 73.6 Å². The number of pyridine rings is 1. The van der Waals surface area contributed by atoms with Gasteiger partial charge in [0.2, 0.25) is 5.88 Å². The second-order valence-corrected chi connectivity index (χ2v) is 7.48. The largest absolute Gasteiger partial charge is 0.479 e. The molecule has 9 heteroatoms. The first-order valence-corrected chi connectivity index (χ1v) is 9.72. The van der Waals surface area contributed by atoms with Crippen LogP contribution in [-0.4, -0.2) is 33.6 Å². The molecule has 3 aromatic rings. The van der Waals surface area contributed by atoms with E-state index < -0.39 is 0 Å². The number of nitrogens with one attached hydrogen (secondary N) is 1. The molecule has 0 fully saturated rings. The van der Waals surface area contributed by atoms with E-state index in [1.165, 1.54) is 0 Å². The maximum Gasteiger partial charge on any atom is 0.238 e. The monoisotopic (exact) mass is 431 g/mol. The van der Waals surface area contributed by atoms with Crippen LogP contribution in [0.4, 0.5) is 0 Å². The predicted molar refractivity (Wildman–Crippen MR) is 112 cm³/mol. The first-order chi connectivity index (χ1) is 14.0. The summed E-state index contributed by atoms with van der Waals surface area (Å²) < 4.78 is 7.35. The number of imidazole rings is 1. The molecule has 0 amide bonds. The maximum absolute atomic E-state index is 6.18. The number of ether oxygens (including phenoxy) is 1. The molecule has 0 unspecified atom stereocenters. The number of aromatic nitrogens is 3. The van der Waals surface area contributed by atoms with E-state index in [9.17, 15) is 0 Å². The molecule has 0 radical (unpaired) electrons. The Morgan fingerprint density at radius 2 is 2.00 bits per heavy atom. The molecule has 4 rings (SSSR count). The van der Waals surface area contributed by atoms with Crippen LogP contribution in [0.3, 0.4) is 0 Å². The molecule has 1 N–H and O–H groups in total. The number of benzene rings is 1. The van der Waals surface area contributed by atoms with Gasteiger partial charge in [0.25, 0.3) is 0 Å². The van der Waals surface area contributed by atoms with Crippen LogP contribution in [0.25, 0.3) is 5.69 Å². The van der Waals surface area contributed by atoms with Crippen LogP contribution >= 0.6 is 23.2 Å². The molecule has 29 heavy (non-hydrogen) atoms. The zero-order chi connectivity index (χ0) is 20.5. The van der Waals surface area contributed by atoms with Crippen LogP contribution < -0.4 is 10.2 Å². The van der Waals surface area contributed by atoms with Crippen LogP contribution in [0.15, 0.2) is 47.8 Å². The summed E-state index contributed by atoms with van der Waals surface area (Å²) in [4.78, 5) is 19.4. The summed E-state index contributed by atoms with van der Waals surface area (Å²) in [5, 5.41) is 0.977. The van der Waals surface area contributed by atoms with Crippen molar-refractivity contribution in [2.75, 3.05) is 7.11 Å². The van der Waals surface area contributed by atoms with E-state index in [1.807, 2.05) is 42.8 Å². The van der Waals surface area contributed by atoms with Crippen molar-refractivity contribution in [1.82, 2.24) is 20.0 Å². The number of hydrogen-bond donors (Lipinski definition) is 1. The Kier molecular flexibility index (Phi) is 5.45. The van der Waals surface area contributed by atoms with Gasteiger partial charge in [0.1, 0.15) is 23.5 Å². The molecule has 3 heterocycles. The Bertz CT molecular complexity index is 1080. The number of aryl methyl sites for hydroxylation is 1. The lowest BCUT2D eigenvalue weighted by Crippen LogP contribution is -2.38. The van der Waals surface area contributed by atoms with E-state index in [2.05, 4.69) is 15.4 Å². The molecule has 2 aromatic heterocycles. The van der Waals surface area contributed by atoms with E-state index in [-0.39, 0.29) is 12.1 Å². The van der Waals surface area contributed by atoms with Gasteiger partial charge in [0.05, 0.1) is 29.2 Å². The van der Waals surface area contributed by atoms with Crippen LogP contribution in [0.5, 0.6) is 5.88 Å². The van der Waals surface area contributed by atoms with E-state index in [4.69, 9.17) is 37.8 Å². The highest BCUT2D eigenvalue weighted by Gasteiger charge is 2.27. The number of nitrogens with zero attached hydrogens (tertiary/aromatic N) is 4. The SMILES string of the molecule is COc1nc(C2=N[C@H](c3ccc(Cl)c(Cl)c3)[C@H](C)ON2)ccc1-n1cnc(C)c1. The molecule has 1 aliphatic heterocycles. The number of rotatable bonds is 4. The van der Waals surface area contributed by atoms with Crippen LogP contribution in [0, 0.1) is 6.92 Å². The number of methoxy groups -OCH3 is 1. The molecule has 0 spiro atoms. The highest BCUT2D eigenvalue weighted by molar-refractivity contribution is 6.42. The third-order valence-electron chi connectivity index (χ3n) is 4.61. The van der Waals surface area contributed by atoms with Crippen LogP contribution in [0.2, 0.25) is 10.0 Å². The van der Waals surface area contributed by atoms with Crippen molar-refractivity contribution in [3.8, 4) is 11.6 Å². The zero-order valence-corrected chi connectivity index (χ0v) is 17.6. The van der Waals surface area contributed by atoms with Crippen molar-refractivity contribution in [1.29, 1.82) is 0 Å². The van der Waals surface area contributed by atoms with E-state index >= 15 is 0 Å². The Morgan fingerprint density at radius 3 is 2.69 bits per heavy atom. The molecular formula is C20H19Cl2N5O2. The second kappa shape index (κ2) is 8.02. The molecule has 7 nitrogen and oxygen atoms in total. The molecule has 0 saturated heterocycles. The van der Waals surface area contributed by atoms with Gasteiger partial charge in [-0.25, -0.2) is 15.4 Å². The maximum atomic E-state index is 6.18. The van der Waals surface area contributed by atoms with E-state index in [1.54, 1.807) is 25.6 Å². The van der Waals surface area contributed by atoms with Crippen LogP contribution in [0.1, 0.15) is 29.9 Å². The Hall–Kier alpha value is -2.61. The summed E-state index contributed by atoms with van der Waals surface area (Å²) in [6.07, 6.45) is 3.42. The molecule has 1 aromatic carbocycles. The highest BCUT2D eigenvalue weighted by Crippen LogP contribution is 2.32. The number of halogens is 2. The van der Waals surface area contributed by atoms with Gasteiger partial charge in [-0.1, -0.05) is 29.3 Å². The smallest absolute Gasteiger partial charge is 0.238 e. The van der Waals surface area contributed by atoms with Gasteiger partial charge in [-0.2, -0.15) is 0 Å². The third-order valence-corrected chi connectivity index (χ3v) is 5.34. The number of hydroxylamine groups is 1. The number of aliphatic imine (C=N–C) groups is 1. The number of amidine groups is 1. The Balaban J connectivity index is 1.70. The molecule has 2 atom stereocenters. The highest BCUT2D eigenvalue weighted by atomic mass is 35.5. The van der Waals surface area contributed by atoms with Crippen molar-refractivity contribution < 1.29 is 9.57 Å². The lowest BCUT2D eigenvalue weighted by atomic mass is 10.0. The minimum atomic E-state index is -0.259. The first kappa shape index (κ1) is 19.7. The first-order valence-electron chi connectivity index (χ1n) is 8.97. The summed E-state index contributed by atoms with van der Waals surface area (Å²) in [6, 6.07) is 8.95. The van der Waals surface area contributed by atoms with Crippen molar-refractivity contribution in [3.63, 3.8) is 0 Å². The van der Waals surface area contributed by atoms with Crippen molar-refractivity contribution in [3.05, 3.63) is 69.9 Å². The molecule has 1 aliphatic rings. The third kappa shape index (κ3) is 3.94. The van der Waals surface area contributed by atoms with Gasteiger partial charge in [0, 0.05) is 6.20 Å². The normalized spacial score (nSPS) is 18.9. The van der Waals surface area contributed by atoms with Gasteiger partial charge in [0.15, 0.2) is 5.84 Å². The van der Waals surface area contributed by atoms with E-state index in [0.29, 0.717) is 27.5 Å². The summed E-state index contributed by atoms with van der Waals surface area (Å²) in [5.41, 5.74) is 6.07. The summed E-state index contributed by atoms with van der Waals surface area (Å²) in [7, 11) is 1.58. The Morgan fingerprint density at radius 1 is 1.17 bits per heavy atom. The Labute approximate surface area is 178 Å². The lowest BCUT2D eigenvalue weighted by molar-refractivity contribution is -0.00478. The summed E-state index contributed by atoms with van der Waals surface area (Å²) in [5.74, 6) is 0.958. The fraction of sp³-hybridized carbons (Fsp3) is 0.250. The number of hydrogen-bond acceptors (Lipinski definition) is 6. The second-order valence-electron chi connectivity index (χ2n) is 6.67. The van der Waals surface area contributed by atoms with Gasteiger partial charge >= 0.3 is 0 Å². The van der Waals surface area contributed by atoms with Crippen molar-refractivity contribution >= 4 is 29.0 Å². The average Bonchev–Trinajstić information content (AvgIpc) is 3.16. The van der Waals surface area contributed by atoms with Crippen LogP contribution in [-0.2, 0) is 4.84 Å². The van der Waals surface area contributed by atoms with Gasteiger partial charge in [-0.15, -0.1) is 0 Å². The average molecular weight is 432 g/mol. The van der Waals surface area contributed by atoms with Crippen molar-refractivity contribution in [2.45, 2.75) is 26.0 Å². The zero-order valence-electron chi connectivity index (χ0n) is 16.1. The molecule has 0 aliphatic carbocycles. The minimum absolute atomic E-state index is 0.203. The molecule has 150 valence electrons. The molecule has 0 bridgehead atoms. The summed E-state index contributed by atoms with van der Waals surface area (Å²) >= 11 is 12.2. The fourth-order valence-corrected chi connectivity index (χ4v) is 3.42. The molecular weight excluding hydrogens is 413 g/mol. The van der Waals surface area contributed by atoms with Gasteiger partial charge in [-0.05, 0) is 43.7 Å². The quantitative estimate of drug-likeness (QED) is 0.666. The van der Waals surface area contributed by atoms with Crippen molar-refractivity contribution in [2.24, 2.45) is 4.99 Å². The minimum Gasteiger partial charge on any atom is -0.479 e.